The van der Waals surface area contributed by atoms with Crippen LogP contribution < -0.4 is 5.32 Å². The second-order valence-corrected chi connectivity index (χ2v) is 6.52. The van der Waals surface area contributed by atoms with Crippen LogP contribution in [0.3, 0.4) is 0 Å². The maximum Gasteiger partial charge on any atom is 0.178 e. The van der Waals surface area contributed by atoms with Crippen molar-refractivity contribution in [2.45, 2.75) is 12.8 Å². The van der Waals surface area contributed by atoms with Gasteiger partial charge in [-0.05, 0) is 29.6 Å². The Morgan fingerprint density at radius 3 is 3.05 bits per heavy atom. The van der Waals surface area contributed by atoms with Crippen LogP contribution in [0, 0.1) is 0 Å². The highest BCUT2D eigenvalue weighted by Gasteiger charge is 2.25. The van der Waals surface area contributed by atoms with Crippen molar-refractivity contribution in [1.82, 2.24) is 14.8 Å². The Labute approximate surface area is 131 Å². The Bertz CT molecular complexity index is 794. The van der Waals surface area contributed by atoms with Crippen LogP contribution >= 0.6 is 22.9 Å². The second-order valence-electron chi connectivity index (χ2n) is 5.14. The first-order chi connectivity index (χ1) is 10.2. The number of hydrogen-bond acceptors (Lipinski definition) is 4. The van der Waals surface area contributed by atoms with E-state index < -0.39 is 0 Å². The molecule has 0 radical (unpaired) electrons. The molecule has 1 aliphatic heterocycles. The van der Waals surface area contributed by atoms with Crippen LogP contribution in [0.2, 0.25) is 5.02 Å². The number of nitrogens with one attached hydrogen (secondary N) is 1. The van der Waals surface area contributed by atoms with Crippen molar-refractivity contribution in [1.29, 1.82) is 0 Å². The Morgan fingerprint density at radius 2 is 2.24 bits per heavy atom. The molecule has 0 saturated carbocycles. The van der Waals surface area contributed by atoms with Crippen LogP contribution in [0.5, 0.6) is 0 Å². The lowest BCUT2D eigenvalue weighted by atomic mass is 10.1. The van der Waals surface area contributed by atoms with Crippen molar-refractivity contribution in [3.8, 4) is 16.4 Å². The monoisotopic (exact) mass is 316 g/mol. The Kier molecular flexibility index (Phi) is 2.97. The van der Waals surface area contributed by atoms with Crippen LogP contribution in [-0.4, -0.2) is 21.3 Å². The van der Waals surface area contributed by atoms with Crippen LogP contribution in [0.25, 0.3) is 16.4 Å². The minimum atomic E-state index is 0.275. The molecular formula is C15H13ClN4S. The summed E-state index contributed by atoms with van der Waals surface area (Å²) < 4.78 is 2.12. The number of anilines is 1. The minimum Gasteiger partial charge on any atom is -0.383 e. The summed E-state index contributed by atoms with van der Waals surface area (Å²) >= 11 is 7.86. The zero-order valence-electron chi connectivity index (χ0n) is 11.4. The molecule has 1 N–H and O–H groups in total. The molecule has 1 aromatic carbocycles. The third-order valence-electron chi connectivity index (χ3n) is 3.67. The van der Waals surface area contributed by atoms with Crippen LogP contribution in [0.4, 0.5) is 5.69 Å². The Balaban J connectivity index is 2.03. The van der Waals surface area contributed by atoms with E-state index in [1.54, 1.807) is 11.3 Å². The quantitative estimate of drug-likeness (QED) is 0.732. The van der Waals surface area contributed by atoms with Gasteiger partial charge in [0.05, 0.1) is 16.3 Å². The predicted molar refractivity (Wildman–Crippen MR) is 86.6 cm³/mol. The number of hydrogen-bond donors (Lipinski definition) is 1. The summed E-state index contributed by atoms with van der Waals surface area (Å²) in [5, 5.41) is 15.1. The number of fused-ring (bicyclic) bond motifs is 3. The molecule has 6 heteroatoms. The van der Waals surface area contributed by atoms with E-state index in [2.05, 4.69) is 33.1 Å². The number of halogens is 1. The van der Waals surface area contributed by atoms with Gasteiger partial charge in [0.25, 0.3) is 0 Å². The van der Waals surface area contributed by atoms with Crippen molar-refractivity contribution in [2.75, 3.05) is 11.9 Å². The first kappa shape index (κ1) is 12.9. The molecule has 4 nitrogen and oxygen atoms in total. The van der Waals surface area contributed by atoms with Crippen molar-refractivity contribution in [2.24, 2.45) is 0 Å². The van der Waals surface area contributed by atoms with Gasteiger partial charge < -0.3 is 5.32 Å². The van der Waals surface area contributed by atoms with Crippen molar-refractivity contribution >= 4 is 28.6 Å². The van der Waals surface area contributed by atoms with E-state index in [0.717, 1.165) is 34.4 Å². The molecule has 0 fully saturated rings. The normalized spacial score (nSPS) is 16.8. The average molecular weight is 317 g/mol. The molecule has 0 saturated heterocycles. The van der Waals surface area contributed by atoms with Gasteiger partial charge in [-0.15, -0.1) is 21.5 Å². The van der Waals surface area contributed by atoms with Crippen molar-refractivity contribution in [3.05, 3.63) is 46.6 Å². The van der Waals surface area contributed by atoms with Crippen LogP contribution in [0.15, 0.2) is 35.7 Å². The molecule has 3 aromatic rings. The second kappa shape index (κ2) is 4.86. The van der Waals surface area contributed by atoms with E-state index in [-0.39, 0.29) is 5.92 Å². The summed E-state index contributed by atoms with van der Waals surface area (Å²) in [6.07, 6.45) is 0. The predicted octanol–water partition coefficient (Wildman–Crippen LogP) is 4.18. The number of aromatic nitrogens is 3. The van der Waals surface area contributed by atoms with Crippen LogP contribution in [-0.2, 0) is 0 Å². The van der Waals surface area contributed by atoms with Gasteiger partial charge in [-0.2, -0.15) is 0 Å². The zero-order valence-corrected chi connectivity index (χ0v) is 12.9. The summed E-state index contributed by atoms with van der Waals surface area (Å²) in [6, 6.07) is 9.97. The van der Waals surface area contributed by atoms with Gasteiger partial charge in [-0.1, -0.05) is 24.6 Å². The highest BCUT2D eigenvalue weighted by Crippen LogP contribution is 2.35. The van der Waals surface area contributed by atoms with E-state index >= 15 is 0 Å². The summed E-state index contributed by atoms with van der Waals surface area (Å²) in [7, 11) is 0. The van der Waals surface area contributed by atoms with Crippen molar-refractivity contribution in [3.63, 3.8) is 0 Å². The first-order valence-electron chi connectivity index (χ1n) is 6.77. The molecule has 0 amide bonds. The third kappa shape index (κ3) is 2.04. The molecule has 3 heterocycles. The fourth-order valence-electron chi connectivity index (χ4n) is 2.61. The number of thiophene rings is 1. The molecule has 1 unspecified atom stereocenters. The van der Waals surface area contributed by atoms with Gasteiger partial charge in [-0.25, -0.2) is 0 Å². The van der Waals surface area contributed by atoms with Crippen LogP contribution in [0.1, 0.15) is 18.7 Å². The van der Waals surface area contributed by atoms with Gasteiger partial charge in [-0.3, -0.25) is 4.57 Å². The Morgan fingerprint density at radius 1 is 1.33 bits per heavy atom. The average Bonchev–Trinajstić information content (AvgIpc) is 3.11. The molecule has 0 aliphatic carbocycles. The lowest BCUT2D eigenvalue weighted by Gasteiger charge is -2.11. The largest absolute Gasteiger partial charge is 0.383 e. The minimum absolute atomic E-state index is 0.275. The molecule has 1 aliphatic rings. The standard InChI is InChI=1S/C15H13ClN4S/c1-9-8-17-11-5-4-10(16)7-12(11)20-14(9)18-19-15(20)13-3-2-6-21-13/h2-7,9,17H,8H2,1H3. The van der Waals surface area contributed by atoms with Gasteiger partial charge >= 0.3 is 0 Å². The molecular weight excluding hydrogens is 304 g/mol. The van der Waals surface area contributed by atoms with E-state index in [1.807, 2.05) is 29.6 Å². The first-order valence-corrected chi connectivity index (χ1v) is 8.03. The van der Waals surface area contributed by atoms with E-state index in [4.69, 9.17) is 11.6 Å². The smallest absolute Gasteiger partial charge is 0.178 e. The summed E-state index contributed by atoms with van der Waals surface area (Å²) in [5.74, 6) is 2.11. The molecule has 0 spiro atoms. The highest BCUT2D eigenvalue weighted by molar-refractivity contribution is 7.13. The topological polar surface area (TPSA) is 42.7 Å². The van der Waals surface area contributed by atoms with Gasteiger partial charge in [0.2, 0.25) is 0 Å². The number of benzene rings is 1. The lowest BCUT2D eigenvalue weighted by Crippen LogP contribution is -2.09. The Hall–Kier alpha value is -1.85. The molecule has 0 bridgehead atoms. The summed E-state index contributed by atoms with van der Waals surface area (Å²) in [5.41, 5.74) is 2.07. The molecule has 106 valence electrons. The number of rotatable bonds is 1. The van der Waals surface area contributed by atoms with E-state index in [9.17, 15) is 0 Å². The molecule has 4 rings (SSSR count). The highest BCUT2D eigenvalue weighted by atomic mass is 35.5. The fraction of sp³-hybridized carbons (Fsp3) is 0.200. The maximum atomic E-state index is 6.20. The van der Waals surface area contributed by atoms with Crippen molar-refractivity contribution < 1.29 is 0 Å². The van der Waals surface area contributed by atoms with E-state index in [0.29, 0.717) is 5.02 Å². The third-order valence-corrected chi connectivity index (χ3v) is 4.77. The molecule has 2 aromatic heterocycles. The summed E-state index contributed by atoms with van der Waals surface area (Å²) in [6.45, 7) is 2.98. The van der Waals surface area contributed by atoms with Gasteiger partial charge in [0, 0.05) is 17.5 Å². The summed E-state index contributed by atoms with van der Waals surface area (Å²) in [4.78, 5) is 1.11. The lowest BCUT2D eigenvalue weighted by molar-refractivity contribution is 0.725. The number of nitrogens with zero attached hydrogens (tertiary/aromatic N) is 3. The van der Waals surface area contributed by atoms with E-state index in [1.165, 1.54) is 0 Å². The SMILES string of the molecule is CC1CNc2ccc(Cl)cc2-n2c(-c3cccs3)nnc21. The van der Waals surface area contributed by atoms with Gasteiger partial charge in [0.1, 0.15) is 5.82 Å². The molecule has 1 atom stereocenters. The fourth-order valence-corrected chi connectivity index (χ4v) is 3.48. The van der Waals surface area contributed by atoms with Gasteiger partial charge in [0.15, 0.2) is 5.82 Å². The zero-order chi connectivity index (χ0) is 14.4. The maximum absolute atomic E-state index is 6.20. The molecule has 21 heavy (non-hydrogen) atoms.